The first-order valence-corrected chi connectivity index (χ1v) is 2.07. The van der Waals surface area contributed by atoms with E-state index in [1.54, 1.807) is 0 Å². The Balaban J connectivity index is 0.000000360. The molecule has 0 spiro atoms. The lowest BCUT2D eigenvalue weighted by molar-refractivity contribution is 1.32. The van der Waals surface area contributed by atoms with Gasteiger partial charge in [-0.05, 0) is 12.5 Å². The van der Waals surface area contributed by atoms with Gasteiger partial charge < -0.3 is 0 Å². The molecule has 1 rings (SSSR count). The number of hydrogen-bond donors (Lipinski definition) is 0. The summed E-state index contributed by atoms with van der Waals surface area (Å²) in [5.41, 5.74) is 1.36. The summed E-state index contributed by atoms with van der Waals surface area (Å²) in [6, 6.07) is 0. The highest BCUT2D eigenvalue weighted by Crippen LogP contribution is 2.01. The van der Waals surface area contributed by atoms with Crippen molar-refractivity contribution in [2.45, 2.75) is 20.8 Å². The average Bonchev–Trinajstić information content (AvgIpc) is 1.86. The molecular weight excluding hydrogens is 86.1 g/mol. The minimum absolute atomic E-state index is 0. The third kappa shape index (κ3) is 1.53. The maximum atomic E-state index is 3.88. The van der Waals surface area contributed by atoms with Crippen LogP contribution in [0.4, 0.5) is 0 Å². The Hall–Kier alpha value is -0.590. The van der Waals surface area contributed by atoms with Crippen LogP contribution in [0.2, 0.25) is 0 Å². The minimum Gasteiger partial charge on any atom is -0.269 e. The summed E-state index contributed by atoms with van der Waals surface area (Å²) in [6.45, 7) is 2.08. The lowest BCUT2D eigenvalue weighted by atomic mass is 10.3. The van der Waals surface area contributed by atoms with Gasteiger partial charge in [0.25, 0.3) is 0 Å². The Morgan fingerprint density at radius 1 is 1.71 bits per heavy atom. The van der Waals surface area contributed by atoms with Crippen molar-refractivity contribution in [2.75, 3.05) is 0 Å². The van der Waals surface area contributed by atoms with Gasteiger partial charge in [0.05, 0.1) is 0 Å². The van der Waals surface area contributed by atoms with E-state index in [-0.39, 0.29) is 7.43 Å². The normalized spacial score (nSPS) is 15.9. The van der Waals surface area contributed by atoms with Crippen LogP contribution in [0.25, 0.3) is 0 Å². The van der Waals surface area contributed by atoms with E-state index >= 15 is 0 Å². The molecule has 0 saturated carbocycles. The zero-order chi connectivity index (χ0) is 4.41. The maximum absolute atomic E-state index is 3.88. The first kappa shape index (κ1) is 6.41. The summed E-state index contributed by atoms with van der Waals surface area (Å²) in [5.74, 6) is 0. The summed E-state index contributed by atoms with van der Waals surface area (Å²) >= 11 is 0. The van der Waals surface area contributed by atoms with Gasteiger partial charge in [-0.2, -0.15) is 0 Å². The third-order valence-corrected chi connectivity index (χ3v) is 0.814. The van der Waals surface area contributed by atoms with Crippen molar-refractivity contribution in [1.29, 1.82) is 0 Å². The molecule has 1 heterocycles. The highest BCUT2D eigenvalue weighted by molar-refractivity contribution is 5.64. The Labute approximate surface area is 44.8 Å². The Morgan fingerprint density at radius 2 is 2.43 bits per heavy atom. The first-order chi connectivity index (χ1) is 2.89. The second-order valence-electron chi connectivity index (χ2n) is 1.51. The first-order valence-electron chi connectivity index (χ1n) is 2.07. The van der Waals surface area contributed by atoms with Gasteiger partial charge in [-0.25, -0.2) is 0 Å². The summed E-state index contributed by atoms with van der Waals surface area (Å²) in [5, 5.41) is 0. The fourth-order valence-corrected chi connectivity index (χ4v) is 0.429. The van der Waals surface area contributed by atoms with Gasteiger partial charge in [-0.1, -0.05) is 7.43 Å². The van der Waals surface area contributed by atoms with Crippen molar-refractivity contribution < 1.29 is 0 Å². The van der Waals surface area contributed by atoms with Gasteiger partial charge in [-0.3, -0.25) is 4.99 Å². The van der Waals surface area contributed by atoms with Crippen LogP contribution in [0.3, 0.4) is 0 Å². The molecule has 0 bridgehead atoms. The molecule has 0 unspecified atom stereocenters. The number of allylic oxidation sites excluding steroid dienone is 1. The number of rotatable bonds is 0. The topological polar surface area (TPSA) is 12.4 Å². The summed E-state index contributed by atoms with van der Waals surface area (Å²) in [4.78, 5) is 3.88. The van der Waals surface area contributed by atoms with Crippen molar-refractivity contribution in [3.8, 4) is 0 Å². The quantitative estimate of drug-likeness (QED) is 0.438. The van der Waals surface area contributed by atoms with E-state index in [0.717, 1.165) is 6.42 Å². The van der Waals surface area contributed by atoms with Crippen LogP contribution < -0.4 is 0 Å². The molecule has 1 heteroatoms. The molecule has 0 amide bonds. The van der Waals surface area contributed by atoms with E-state index < -0.39 is 0 Å². The molecule has 1 aliphatic rings. The van der Waals surface area contributed by atoms with Crippen molar-refractivity contribution in [2.24, 2.45) is 4.99 Å². The molecule has 1 nitrogen and oxygen atoms in total. The molecule has 0 aliphatic carbocycles. The van der Waals surface area contributed by atoms with Gasteiger partial charge in [-0.15, -0.1) is 0 Å². The van der Waals surface area contributed by atoms with Crippen LogP contribution in [0.15, 0.2) is 16.8 Å². The summed E-state index contributed by atoms with van der Waals surface area (Å²) < 4.78 is 0. The van der Waals surface area contributed by atoms with Crippen molar-refractivity contribution in [1.82, 2.24) is 0 Å². The van der Waals surface area contributed by atoms with E-state index in [0.29, 0.717) is 0 Å². The minimum atomic E-state index is 0. The van der Waals surface area contributed by atoms with Crippen molar-refractivity contribution in [3.63, 3.8) is 0 Å². The molecule has 0 aromatic heterocycles. The molecule has 40 valence electrons. The highest BCUT2D eigenvalue weighted by Gasteiger charge is 1.87. The monoisotopic (exact) mass is 97.1 g/mol. The molecule has 0 radical (unpaired) electrons. The Kier molecular flexibility index (Phi) is 2.34. The lowest BCUT2D eigenvalue weighted by Crippen LogP contribution is -1.64. The SMILES string of the molecule is C.CC1=CN=CC1. The summed E-state index contributed by atoms with van der Waals surface area (Å²) in [6.07, 6.45) is 4.86. The fraction of sp³-hybridized carbons (Fsp3) is 0.500. The van der Waals surface area contributed by atoms with Gasteiger partial charge >= 0.3 is 0 Å². The lowest BCUT2D eigenvalue weighted by Gasteiger charge is -1.76. The second kappa shape index (κ2) is 2.56. The standard InChI is InChI=1S/C5H7N.CH4/c1-5-2-3-6-4-5;/h3-4H,2H2,1H3;1H4. The average molecular weight is 97.2 g/mol. The molecule has 0 N–H and O–H groups in total. The molecule has 0 aromatic rings. The maximum Gasteiger partial charge on any atom is 0.0256 e. The highest BCUT2D eigenvalue weighted by atomic mass is 14.7. The van der Waals surface area contributed by atoms with Crippen LogP contribution in [-0.4, -0.2) is 6.21 Å². The second-order valence-corrected chi connectivity index (χ2v) is 1.51. The zero-order valence-electron chi connectivity index (χ0n) is 3.81. The summed E-state index contributed by atoms with van der Waals surface area (Å²) in [7, 11) is 0. The molecular formula is C6H11N. The third-order valence-electron chi connectivity index (χ3n) is 0.814. The van der Waals surface area contributed by atoms with Crippen LogP contribution in [0, 0.1) is 0 Å². The number of nitrogens with zero attached hydrogens (tertiary/aromatic N) is 1. The van der Waals surface area contributed by atoms with Crippen molar-refractivity contribution >= 4 is 6.21 Å². The molecule has 0 saturated heterocycles. The van der Waals surface area contributed by atoms with Gasteiger partial charge in [0.2, 0.25) is 0 Å². The van der Waals surface area contributed by atoms with E-state index in [4.69, 9.17) is 0 Å². The molecule has 0 aromatic carbocycles. The predicted molar refractivity (Wildman–Crippen MR) is 33.6 cm³/mol. The van der Waals surface area contributed by atoms with Crippen LogP contribution in [-0.2, 0) is 0 Å². The largest absolute Gasteiger partial charge is 0.269 e. The van der Waals surface area contributed by atoms with E-state index in [1.165, 1.54) is 5.57 Å². The van der Waals surface area contributed by atoms with Gasteiger partial charge in [0, 0.05) is 18.8 Å². The van der Waals surface area contributed by atoms with Crippen molar-refractivity contribution in [3.05, 3.63) is 11.8 Å². The van der Waals surface area contributed by atoms with Crippen LogP contribution >= 0.6 is 0 Å². The van der Waals surface area contributed by atoms with Crippen LogP contribution in [0.5, 0.6) is 0 Å². The van der Waals surface area contributed by atoms with Crippen LogP contribution in [0.1, 0.15) is 20.8 Å². The van der Waals surface area contributed by atoms with E-state index in [9.17, 15) is 0 Å². The van der Waals surface area contributed by atoms with Gasteiger partial charge in [0.1, 0.15) is 0 Å². The van der Waals surface area contributed by atoms with E-state index in [1.807, 2.05) is 12.4 Å². The number of aliphatic imine (C=N–C) groups is 1. The molecule has 7 heavy (non-hydrogen) atoms. The molecule has 0 atom stereocenters. The van der Waals surface area contributed by atoms with Gasteiger partial charge in [0.15, 0.2) is 0 Å². The van der Waals surface area contributed by atoms with E-state index in [2.05, 4.69) is 11.9 Å². The zero-order valence-corrected chi connectivity index (χ0v) is 3.81. The smallest absolute Gasteiger partial charge is 0.0256 e. The molecule has 0 fully saturated rings. The fourth-order valence-electron chi connectivity index (χ4n) is 0.429. The Morgan fingerprint density at radius 3 is 2.57 bits per heavy atom. The molecule has 1 aliphatic heterocycles. The Bertz CT molecular complexity index is 101. The predicted octanol–water partition coefficient (Wildman–Crippen LogP) is 2.00. The number of hydrogen-bond acceptors (Lipinski definition) is 1.